The molecule has 2 rings (SSSR count). The quantitative estimate of drug-likeness (QED) is 0.765. The molecule has 1 aromatic heterocycles. The average Bonchev–Trinajstić information content (AvgIpc) is 2.23. The molecule has 0 fully saturated rings. The summed E-state index contributed by atoms with van der Waals surface area (Å²) in [6, 6.07) is 4.85. The topological polar surface area (TPSA) is 64.7 Å². The Morgan fingerprint density at radius 1 is 1.27 bits per heavy atom. The van der Waals surface area contributed by atoms with Crippen LogP contribution < -0.4 is 5.73 Å². The summed E-state index contributed by atoms with van der Waals surface area (Å²) >= 11 is 0. The number of aromatic nitrogens is 3. The zero-order chi connectivity index (χ0) is 10.8. The molecule has 0 saturated carbocycles. The van der Waals surface area contributed by atoms with Crippen LogP contribution >= 0.6 is 0 Å². The Hall–Kier alpha value is -2.04. The summed E-state index contributed by atoms with van der Waals surface area (Å²) in [5.74, 6) is -0.169. The molecule has 0 atom stereocenters. The lowest BCUT2D eigenvalue weighted by Gasteiger charge is -2.01. The fraction of sp³-hybridized carbons (Fsp3) is 0.100. The molecule has 0 aliphatic carbocycles. The molecule has 15 heavy (non-hydrogen) atoms. The number of nitrogens with zero attached hydrogens (tertiary/aromatic N) is 3. The van der Waals surface area contributed by atoms with Crippen molar-refractivity contribution in [2.24, 2.45) is 0 Å². The predicted octanol–water partition coefficient (Wildman–Crippen LogP) is 1.57. The van der Waals surface area contributed by atoms with Gasteiger partial charge in [0.15, 0.2) is 0 Å². The smallest absolute Gasteiger partial charge is 0.240 e. The van der Waals surface area contributed by atoms with Gasteiger partial charge in [-0.2, -0.15) is 0 Å². The highest BCUT2D eigenvalue weighted by molar-refractivity contribution is 5.58. The Kier molecular flexibility index (Phi) is 2.29. The van der Waals surface area contributed by atoms with Gasteiger partial charge in [0.25, 0.3) is 0 Å². The summed E-state index contributed by atoms with van der Waals surface area (Å²) in [4.78, 5) is 3.79. The number of anilines is 1. The second-order valence-corrected chi connectivity index (χ2v) is 3.17. The molecule has 1 heterocycles. The number of hydrogen-bond acceptors (Lipinski definition) is 4. The molecule has 0 unspecified atom stereocenters. The number of hydrogen-bond donors (Lipinski definition) is 1. The summed E-state index contributed by atoms with van der Waals surface area (Å²) in [5, 5.41) is 7.42. The van der Waals surface area contributed by atoms with Gasteiger partial charge in [0.2, 0.25) is 5.95 Å². The molecular formula is C10H9FN4. The van der Waals surface area contributed by atoms with Crippen LogP contribution in [0.25, 0.3) is 11.3 Å². The van der Waals surface area contributed by atoms with Crippen LogP contribution in [0.2, 0.25) is 0 Å². The minimum atomic E-state index is -0.272. The van der Waals surface area contributed by atoms with Crippen molar-refractivity contribution in [1.82, 2.24) is 15.2 Å². The molecule has 4 nitrogen and oxygen atoms in total. The SMILES string of the molecule is Cc1ccc(-c2cnc(N)nn2)cc1F. The highest BCUT2D eigenvalue weighted by atomic mass is 19.1. The Bertz CT molecular complexity index is 481. The summed E-state index contributed by atoms with van der Waals surface area (Å²) in [5.41, 5.74) is 7.03. The first-order valence-electron chi connectivity index (χ1n) is 4.38. The van der Waals surface area contributed by atoms with Crippen LogP contribution in [0.15, 0.2) is 24.4 Å². The molecule has 0 bridgehead atoms. The van der Waals surface area contributed by atoms with Gasteiger partial charge in [-0.1, -0.05) is 12.1 Å². The van der Waals surface area contributed by atoms with E-state index in [4.69, 9.17) is 5.73 Å². The highest BCUT2D eigenvalue weighted by Crippen LogP contribution is 2.18. The van der Waals surface area contributed by atoms with Crippen LogP contribution in [0.4, 0.5) is 10.3 Å². The summed E-state index contributed by atoms with van der Waals surface area (Å²) in [6.07, 6.45) is 1.46. The summed E-state index contributed by atoms with van der Waals surface area (Å²) < 4.78 is 13.3. The van der Waals surface area contributed by atoms with E-state index in [-0.39, 0.29) is 11.8 Å². The third-order valence-corrected chi connectivity index (χ3v) is 2.05. The number of halogens is 1. The van der Waals surface area contributed by atoms with Crippen molar-refractivity contribution in [3.05, 3.63) is 35.8 Å². The van der Waals surface area contributed by atoms with Crippen LogP contribution in [0, 0.1) is 12.7 Å². The zero-order valence-corrected chi connectivity index (χ0v) is 8.11. The van der Waals surface area contributed by atoms with E-state index in [2.05, 4.69) is 15.2 Å². The van der Waals surface area contributed by atoms with Crippen molar-refractivity contribution in [2.75, 3.05) is 5.73 Å². The first-order valence-corrected chi connectivity index (χ1v) is 4.38. The summed E-state index contributed by atoms with van der Waals surface area (Å²) in [6.45, 7) is 1.70. The first-order chi connectivity index (χ1) is 7.16. The van der Waals surface area contributed by atoms with Gasteiger partial charge < -0.3 is 5.73 Å². The number of benzene rings is 1. The maximum absolute atomic E-state index is 13.3. The average molecular weight is 204 g/mol. The van der Waals surface area contributed by atoms with E-state index in [0.717, 1.165) is 0 Å². The molecule has 0 aliphatic heterocycles. The van der Waals surface area contributed by atoms with E-state index in [9.17, 15) is 4.39 Å². The second kappa shape index (κ2) is 3.61. The zero-order valence-electron chi connectivity index (χ0n) is 8.11. The van der Waals surface area contributed by atoms with E-state index in [1.807, 2.05) is 0 Å². The molecule has 0 radical (unpaired) electrons. The van der Waals surface area contributed by atoms with Crippen molar-refractivity contribution in [1.29, 1.82) is 0 Å². The lowest BCUT2D eigenvalue weighted by atomic mass is 10.1. The number of nitrogens with two attached hydrogens (primary N) is 1. The van der Waals surface area contributed by atoms with Gasteiger partial charge in [0.05, 0.1) is 6.20 Å². The van der Waals surface area contributed by atoms with Gasteiger partial charge in [-0.15, -0.1) is 10.2 Å². The van der Waals surface area contributed by atoms with Crippen LogP contribution in [-0.4, -0.2) is 15.2 Å². The molecule has 0 spiro atoms. The number of rotatable bonds is 1. The molecule has 2 N–H and O–H groups in total. The normalized spacial score (nSPS) is 10.3. The van der Waals surface area contributed by atoms with Crippen molar-refractivity contribution < 1.29 is 4.39 Å². The molecular weight excluding hydrogens is 195 g/mol. The Labute approximate surface area is 86.0 Å². The minimum Gasteiger partial charge on any atom is -0.366 e. The molecule has 0 aliphatic rings. The predicted molar refractivity (Wildman–Crippen MR) is 54.4 cm³/mol. The third kappa shape index (κ3) is 1.90. The van der Waals surface area contributed by atoms with Crippen LogP contribution in [0.5, 0.6) is 0 Å². The minimum absolute atomic E-state index is 0.103. The van der Waals surface area contributed by atoms with Gasteiger partial charge in [0, 0.05) is 5.56 Å². The molecule has 1 aromatic carbocycles. The number of nitrogen functional groups attached to an aromatic ring is 1. The van der Waals surface area contributed by atoms with Gasteiger partial charge >= 0.3 is 0 Å². The Balaban J connectivity index is 2.45. The van der Waals surface area contributed by atoms with Crippen molar-refractivity contribution in [2.45, 2.75) is 6.92 Å². The highest BCUT2D eigenvalue weighted by Gasteiger charge is 2.04. The van der Waals surface area contributed by atoms with Gasteiger partial charge in [-0.05, 0) is 18.6 Å². The largest absolute Gasteiger partial charge is 0.366 e. The van der Waals surface area contributed by atoms with Gasteiger partial charge in [-0.25, -0.2) is 9.37 Å². The van der Waals surface area contributed by atoms with Crippen molar-refractivity contribution in [3.63, 3.8) is 0 Å². The third-order valence-electron chi connectivity index (χ3n) is 2.05. The maximum atomic E-state index is 13.3. The molecule has 0 amide bonds. The van der Waals surface area contributed by atoms with E-state index in [0.29, 0.717) is 16.8 Å². The van der Waals surface area contributed by atoms with E-state index >= 15 is 0 Å². The van der Waals surface area contributed by atoms with Crippen LogP contribution in [-0.2, 0) is 0 Å². The lowest BCUT2D eigenvalue weighted by molar-refractivity contribution is 0.619. The van der Waals surface area contributed by atoms with Crippen LogP contribution in [0.1, 0.15) is 5.56 Å². The van der Waals surface area contributed by atoms with Crippen molar-refractivity contribution in [3.8, 4) is 11.3 Å². The molecule has 5 heteroatoms. The van der Waals surface area contributed by atoms with Crippen molar-refractivity contribution >= 4 is 5.95 Å². The fourth-order valence-corrected chi connectivity index (χ4v) is 1.17. The van der Waals surface area contributed by atoms with E-state index in [1.165, 1.54) is 12.3 Å². The second-order valence-electron chi connectivity index (χ2n) is 3.17. The van der Waals surface area contributed by atoms with Gasteiger partial charge in [-0.3, -0.25) is 0 Å². The Morgan fingerprint density at radius 2 is 2.07 bits per heavy atom. The summed E-state index contributed by atoms with van der Waals surface area (Å²) in [7, 11) is 0. The Morgan fingerprint density at radius 3 is 2.67 bits per heavy atom. The standard InChI is InChI=1S/C10H9FN4/c1-6-2-3-7(4-8(6)11)9-5-13-10(12)15-14-9/h2-5H,1H3,(H2,12,13,15). The monoisotopic (exact) mass is 204 g/mol. The van der Waals surface area contributed by atoms with Gasteiger partial charge in [0.1, 0.15) is 11.5 Å². The van der Waals surface area contributed by atoms with E-state index < -0.39 is 0 Å². The fourth-order valence-electron chi connectivity index (χ4n) is 1.17. The first kappa shape index (κ1) is 9.51. The molecule has 76 valence electrons. The molecule has 2 aromatic rings. The maximum Gasteiger partial charge on any atom is 0.240 e. The van der Waals surface area contributed by atoms with Crippen LogP contribution in [0.3, 0.4) is 0 Å². The lowest BCUT2D eigenvalue weighted by Crippen LogP contribution is -1.98. The van der Waals surface area contributed by atoms with E-state index in [1.54, 1.807) is 19.1 Å². The molecule has 0 saturated heterocycles. The number of aryl methyl sites for hydroxylation is 1.